The number of ether oxygens (including phenoxy) is 1. The van der Waals surface area contributed by atoms with E-state index in [-0.39, 0.29) is 5.54 Å². The fourth-order valence-corrected chi connectivity index (χ4v) is 2.04. The van der Waals surface area contributed by atoms with Crippen LogP contribution in [0.4, 0.5) is 4.79 Å². The Morgan fingerprint density at radius 3 is 2.86 bits per heavy atom. The van der Waals surface area contributed by atoms with Gasteiger partial charge in [0.05, 0.1) is 6.61 Å². The van der Waals surface area contributed by atoms with E-state index < -0.39 is 6.09 Å². The molecular formula is C10H20N2O2. The standard InChI is InChI=1S/C10H20N2O2/c1-10(2)6-8(7-12-10)4-3-5-14-9(11)13/h8,12H,3-7H2,1-2H3,(H2,11,13)/t8-/m0/s1. The molecule has 4 heteroatoms. The number of carbonyl (C=O) groups is 1. The fraction of sp³-hybridized carbons (Fsp3) is 0.900. The van der Waals surface area contributed by atoms with Gasteiger partial charge in [-0.2, -0.15) is 0 Å². The molecule has 0 aromatic heterocycles. The number of nitrogens with two attached hydrogens (primary N) is 1. The highest BCUT2D eigenvalue weighted by Crippen LogP contribution is 2.26. The van der Waals surface area contributed by atoms with Crippen LogP contribution in [0.2, 0.25) is 0 Å². The van der Waals surface area contributed by atoms with E-state index in [0.29, 0.717) is 12.5 Å². The quantitative estimate of drug-likeness (QED) is 0.671. The Hall–Kier alpha value is -0.770. The van der Waals surface area contributed by atoms with Gasteiger partial charge in [0.2, 0.25) is 0 Å². The van der Waals surface area contributed by atoms with Crippen LogP contribution in [0.15, 0.2) is 0 Å². The topological polar surface area (TPSA) is 64.3 Å². The van der Waals surface area contributed by atoms with Crippen molar-refractivity contribution in [3.8, 4) is 0 Å². The maximum Gasteiger partial charge on any atom is 0.404 e. The Morgan fingerprint density at radius 2 is 2.36 bits per heavy atom. The molecular weight excluding hydrogens is 180 g/mol. The lowest BCUT2D eigenvalue weighted by Crippen LogP contribution is -2.31. The van der Waals surface area contributed by atoms with Crippen molar-refractivity contribution in [2.75, 3.05) is 13.2 Å². The van der Waals surface area contributed by atoms with E-state index in [2.05, 4.69) is 23.9 Å². The fourth-order valence-electron chi connectivity index (χ4n) is 2.04. The minimum Gasteiger partial charge on any atom is -0.450 e. The highest BCUT2D eigenvalue weighted by molar-refractivity contribution is 5.64. The number of primary amides is 1. The summed E-state index contributed by atoms with van der Waals surface area (Å²) in [5, 5.41) is 3.46. The maximum atomic E-state index is 10.3. The van der Waals surface area contributed by atoms with Crippen molar-refractivity contribution < 1.29 is 9.53 Å². The van der Waals surface area contributed by atoms with E-state index in [0.717, 1.165) is 19.4 Å². The van der Waals surface area contributed by atoms with Gasteiger partial charge in [-0.1, -0.05) is 0 Å². The van der Waals surface area contributed by atoms with Crippen molar-refractivity contribution >= 4 is 6.09 Å². The molecule has 1 fully saturated rings. The zero-order valence-corrected chi connectivity index (χ0v) is 9.01. The summed E-state index contributed by atoms with van der Waals surface area (Å²) < 4.78 is 4.67. The van der Waals surface area contributed by atoms with E-state index in [9.17, 15) is 4.79 Å². The van der Waals surface area contributed by atoms with Crippen molar-refractivity contribution in [2.24, 2.45) is 11.7 Å². The Balaban J connectivity index is 2.06. The molecule has 0 aliphatic carbocycles. The molecule has 3 N–H and O–H groups in total. The molecule has 1 amide bonds. The lowest BCUT2D eigenvalue weighted by atomic mass is 9.94. The van der Waals surface area contributed by atoms with Gasteiger partial charge in [-0.25, -0.2) is 4.79 Å². The molecule has 1 aliphatic rings. The molecule has 1 heterocycles. The monoisotopic (exact) mass is 200 g/mol. The van der Waals surface area contributed by atoms with Gasteiger partial charge in [0.1, 0.15) is 0 Å². The predicted octanol–water partition coefficient (Wildman–Crippen LogP) is 1.25. The average Bonchev–Trinajstić information content (AvgIpc) is 2.39. The molecule has 0 aromatic rings. The van der Waals surface area contributed by atoms with Gasteiger partial charge in [-0.3, -0.25) is 0 Å². The van der Waals surface area contributed by atoms with Gasteiger partial charge >= 0.3 is 6.09 Å². The van der Waals surface area contributed by atoms with Crippen LogP contribution >= 0.6 is 0 Å². The molecule has 0 unspecified atom stereocenters. The number of hydrogen-bond donors (Lipinski definition) is 2. The van der Waals surface area contributed by atoms with Crippen molar-refractivity contribution in [1.29, 1.82) is 0 Å². The van der Waals surface area contributed by atoms with Crippen molar-refractivity contribution in [3.05, 3.63) is 0 Å². The van der Waals surface area contributed by atoms with E-state index >= 15 is 0 Å². The minimum absolute atomic E-state index is 0.273. The van der Waals surface area contributed by atoms with Gasteiger partial charge < -0.3 is 15.8 Å². The Morgan fingerprint density at radius 1 is 1.64 bits per heavy atom. The summed E-state index contributed by atoms with van der Waals surface area (Å²) in [6.45, 7) is 5.95. The molecule has 1 saturated heterocycles. The second kappa shape index (κ2) is 4.64. The molecule has 82 valence electrons. The summed E-state index contributed by atoms with van der Waals surface area (Å²) in [5.74, 6) is 0.710. The highest BCUT2D eigenvalue weighted by Gasteiger charge is 2.29. The summed E-state index contributed by atoms with van der Waals surface area (Å²) in [6, 6.07) is 0. The van der Waals surface area contributed by atoms with Crippen molar-refractivity contribution in [3.63, 3.8) is 0 Å². The Kier molecular flexibility index (Phi) is 3.75. The maximum absolute atomic E-state index is 10.3. The first-order chi connectivity index (χ1) is 6.49. The van der Waals surface area contributed by atoms with Crippen LogP contribution in [0.1, 0.15) is 33.1 Å². The third-order valence-electron chi connectivity index (χ3n) is 2.67. The molecule has 4 nitrogen and oxygen atoms in total. The third kappa shape index (κ3) is 3.96. The molecule has 0 spiro atoms. The summed E-state index contributed by atoms with van der Waals surface area (Å²) >= 11 is 0. The molecule has 0 bridgehead atoms. The van der Waals surface area contributed by atoms with Gasteiger partial charge in [0, 0.05) is 5.54 Å². The summed E-state index contributed by atoms with van der Waals surface area (Å²) in [6.07, 6.45) is 2.54. The van der Waals surface area contributed by atoms with E-state index in [1.807, 2.05) is 0 Å². The van der Waals surface area contributed by atoms with Gasteiger partial charge in [-0.05, 0) is 45.6 Å². The molecule has 1 atom stereocenters. The lowest BCUT2D eigenvalue weighted by molar-refractivity contribution is 0.152. The van der Waals surface area contributed by atoms with Crippen LogP contribution in [0.5, 0.6) is 0 Å². The number of amides is 1. The van der Waals surface area contributed by atoms with E-state index in [1.165, 1.54) is 6.42 Å². The second-order valence-electron chi connectivity index (χ2n) is 4.64. The summed E-state index contributed by atoms with van der Waals surface area (Å²) in [5.41, 5.74) is 5.13. The molecule has 0 aromatic carbocycles. The predicted molar refractivity (Wildman–Crippen MR) is 55.0 cm³/mol. The SMILES string of the molecule is CC1(C)C[C@H](CCCOC(N)=O)CN1. The van der Waals surface area contributed by atoms with E-state index in [4.69, 9.17) is 5.73 Å². The zero-order chi connectivity index (χ0) is 10.6. The molecule has 1 aliphatic heterocycles. The number of rotatable bonds is 4. The van der Waals surface area contributed by atoms with Crippen molar-refractivity contribution in [1.82, 2.24) is 5.32 Å². The van der Waals surface area contributed by atoms with Crippen LogP contribution < -0.4 is 11.1 Å². The van der Waals surface area contributed by atoms with Crippen LogP contribution in [0.3, 0.4) is 0 Å². The molecule has 0 saturated carbocycles. The van der Waals surface area contributed by atoms with Gasteiger partial charge in [-0.15, -0.1) is 0 Å². The smallest absolute Gasteiger partial charge is 0.404 e. The first-order valence-corrected chi connectivity index (χ1v) is 5.17. The van der Waals surface area contributed by atoms with Crippen LogP contribution in [0, 0.1) is 5.92 Å². The summed E-state index contributed by atoms with van der Waals surface area (Å²) in [4.78, 5) is 10.3. The summed E-state index contributed by atoms with van der Waals surface area (Å²) in [7, 11) is 0. The average molecular weight is 200 g/mol. The minimum atomic E-state index is -0.671. The first kappa shape index (κ1) is 11.3. The molecule has 0 radical (unpaired) electrons. The van der Waals surface area contributed by atoms with Crippen molar-refractivity contribution in [2.45, 2.75) is 38.6 Å². The van der Waals surface area contributed by atoms with E-state index in [1.54, 1.807) is 0 Å². The van der Waals surface area contributed by atoms with Crippen LogP contribution in [-0.2, 0) is 4.74 Å². The zero-order valence-electron chi connectivity index (χ0n) is 9.01. The highest BCUT2D eigenvalue weighted by atomic mass is 16.5. The third-order valence-corrected chi connectivity index (χ3v) is 2.67. The Bertz CT molecular complexity index is 204. The number of hydrogen-bond acceptors (Lipinski definition) is 3. The second-order valence-corrected chi connectivity index (χ2v) is 4.64. The molecule has 1 rings (SSSR count). The lowest BCUT2D eigenvalue weighted by Gasteiger charge is -2.17. The number of nitrogens with one attached hydrogen (secondary N) is 1. The van der Waals surface area contributed by atoms with Gasteiger partial charge in [0.25, 0.3) is 0 Å². The Labute approximate surface area is 85.2 Å². The normalized spacial score (nSPS) is 24.9. The molecule has 14 heavy (non-hydrogen) atoms. The van der Waals surface area contributed by atoms with Crippen LogP contribution in [0.25, 0.3) is 0 Å². The first-order valence-electron chi connectivity index (χ1n) is 5.17. The van der Waals surface area contributed by atoms with Gasteiger partial charge in [0.15, 0.2) is 0 Å². The van der Waals surface area contributed by atoms with Crippen LogP contribution in [-0.4, -0.2) is 24.8 Å². The number of carbonyl (C=O) groups excluding carboxylic acids is 1. The largest absolute Gasteiger partial charge is 0.450 e.